The fourth-order valence-corrected chi connectivity index (χ4v) is 7.83. The molecule has 2 fully saturated rings. The predicted octanol–water partition coefficient (Wildman–Crippen LogP) is 5.30. The molecule has 1 N–H and O–H groups in total. The van der Waals surface area contributed by atoms with Crippen molar-refractivity contribution in [3.05, 3.63) is 87.4 Å². The third-order valence-electron chi connectivity index (χ3n) is 10.2. The number of likely N-dealkylation sites (tertiary alicyclic amines) is 1. The summed E-state index contributed by atoms with van der Waals surface area (Å²) in [6, 6.07) is 13.6. The van der Waals surface area contributed by atoms with Crippen LogP contribution in [0.25, 0.3) is 27.7 Å². The van der Waals surface area contributed by atoms with E-state index in [1.807, 2.05) is 23.0 Å². The molecular formula is C36H37ClN6O5. The number of benzene rings is 2. The van der Waals surface area contributed by atoms with Crippen molar-refractivity contribution in [2.45, 2.75) is 76.5 Å². The smallest absolute Gasteiger partial charge is 0.282 e. The normalized spacial score (nSPS) is 21.4. The lowest BCUT2D eigenvalue weighted by Gasteiger charge is -2.28. The number of halogens is 1. The minimum absolute atomic E-state index is 0.0472. The monoisotopic (exact) mass is 668 g/mol. The number of carbonyl (C=O) groups is 1. The number of aliphatic hydroxyl groups excluding tert-OH is 1. The van der Waals surface area contributed by atoms with Gasteiger partial charge in [-0.15, -0.1) is 0 Å². The largest absolute Gasteiger partial charge is 0.472 e. The van der Waals surface area contributed by atoms with Gasteiger partial charge in [-0.05, 0) is 86.4 Å². The number of aliphatic hydroxyl groups is 1. The highest BCUT2D eigenvalue weighted by atomic mass is 35.5. The van der Waals surface area contributed by atoms with E-state index >= 15 is 0 Å². The number of amides is 1. The van der Waals surface area contributed by atoms with Gasteiger partial charge in [-0.1, -0.05) is 29.8 Å². The first-order valence-electron chi connectivity index (χ1n) is 16.6. The Bertz CT molecular complexity index is 2090. The molecule has 1 saturated carbocycles. The number of hydrogen-bond acceptors (Lipinski definition) is 8. The predicted molar refractivity (Wildman–Crippen MR) is 179 cm³/mol. The highest BCUT2D eigenvalue weighted by molar-refractivity contribution is 6.35. The van der Waals surface area contributed by atoms with Crippen molar-refractivity contribution in [3.63, 3.8) is 0 Å². The number of aromatic nitrogens is 5. The van der Waals surface area contributed by atoms with Crippen molar-refractivity contribution in [1.82, 2.24) is 29.4 Å². The molecule has 1 unspecified atom stereocenters. The van der Waals surface area contributed by atoms with Crippen molar-refractivity contribution in [3.8, 4) is 22.7 Å². The number of hydrogen-bond donors (Lipinski definition) is 1. The minimum Gasteiger partial charge on any atom is -0.472 e. The summed E-state index contributed by atoms with van der Waals surface area (Å²) in [5.41, 5.74) is 4.19. The average Bonchev–Trinajstić information content (AvgIpc) is 3.86. The van der Waals surface area contributed by atoms with E-state index in [0.717, 1.165) is 60.1 Å². The number of β-amino-alcohol motifs (C(OH)–C–C–N with tert-alkyl or cyclic N) is 1. The van der Waals surface area contributed by atoms with Crippen LogP contribution >= 0.6 is 11.6 Å². The first-order valence-corrected chi connectivity index (χ1v) is 17.0. The number of fused-ring (bicyclic) bond motifs is 5. The maximum absolute atomic E-state index is 13.0. The molecule has 248 valence electrons. The van der Waals surface area contributed by atoms with Crippen molar-refractivity contribution in [2.24, 2.45) is 5.92 Å². The third-order valence-corrected chi connectivity index (χ3v) is 10.5. The van der Waals surface area contributed by atoms with Gasteiger partial charge >= 0.3 is 0 Å². The minimum atomic E-state index is -0.445. The number of carbonyl (C=O) groups excluding carboxylic acids is 1. The van der Waals surface area contributed by atoms with Crippen molar-refractivity contribution in [1.29, 1.82) is 0 Å². The van der Waals surface area contributed by atoms with E-state index in [1.54, 1.807) is 17.0 Å². The van der Waals surface area contributed by atoms with Crippen LogP contribution in [0.3, 0.4) is 0 Å². The summed E-state index contributed by atoms with van der Waals surface area (Å²) in [6.45, 7) is 5.96. The molecule has 1 aliphatic carbocycles. The molecule has 8 rings (SSSR count). The zero-order valence-corrected chi connectivity index (χ0v) is 27.7. The Morgan fingerprint density at radius 3 is 2.73 bits per heavy atom. The van der Waals surface area contributed by atoms with Crippen molar-refractivity contribution < 1.29 is 19.2 Å². The molecule has 3 aromatic heterocycles. The third kappa shape index (κ3) is 5.48. The van der Waals surface area contributed by atoms with Crippen molar-refractivity contribution in [2.75, 3.05) is 13.1 Å². The van der Waals surface area contributed by atoms with Gasteiger partial charge in [0, 0.05) is 37.5 Å². The summed E-state index contributed by atoms with van der Waals surface area (Å²) in [5.74, 6) is 2.00. The van der Waals surface area contributed by atoms with Gasteiger partial charge in [0.15, 0.2) is 0 Å². The Balaban J connectivity index is 0.913. The van der Waals surface area contributed by atoms with Crippen LogP contribution in [0.1, 0.15) is 63.1 Å². The second kappa shape index (κ2) is 11.9. The standard InChI is InChI=1S/C36H37ClN6O5/c1-36(2)27-11-8-22(14-30(27)43-29-5-3-4-28(37)33(29)34(46)39-35(36)43)23-17-38-42(19-23)18-21-6-9-25(10-7-21)47-31-15-26(48-40-31)16-32(45)41-13-12-24(44)20-41/h3-5,8,11,14-15,17,19,21,24-25,44H,6-7,9-10,12-13,16,18,20H2,1-2H3. The van der Waals surface area contributed by atoms with E-state index in [1.165, 1.54) is 0 Å². The molecule has 2 aliphatic heterocycles. The van der Waals surface area contributed by atoms with Gasteiger partial charge in [0.2, 0.25) is 5.91 Å². The highest BCUT2D eigenvalue weighted by Gasteiger charge is 2.39. The molecule has 12 heteroatoms. The highest BCUT2D eigenvalue weighted by Crippen LogP contribution is 2.44. The van der Waals surface area contributed by atoms with Crippen LogP contribution in [-0.4, -0.2) is 65.7 Å². The molecular weight excluding hydrogens is 632 g/mol. The summed E-state index contributed by atoms with van der Waals surface area (Å²) in [7, 11) is 0. The van der Waals surface area contributed by atoms with Gasteiger partial charge in [-0.25, -0.2) is 0 Å². The van der Waals surface area contributed by atoms with Gasteiger partial charge < -0.3 is 19.3 Å². The van der Waals surface area contributed by atoms with Crippen LogP contribution in [0, 0.1) is 5.92 Å². The molecule has 5 heterocycles. The fraction of sp³-hybridized carbons (Fsp3) is 0.417. The molecule has 0 spiro atoms. The summed E-state index contributed by atoms with van der Waals surface area (Å²) in [4.78, 5) is 31.6. The van der Waals surface area contributed by atoms with Crippen LogP contribution in [-0.2, 0) is 23.2 Å². The molecule has 1 amide bonds. The van der Waals surface area contributed by atoms with E-state index in [2.05, 4.69) is 53.0 Å². The van der Waals surface area contributed by atoms with Gasteiger partial charge in [0.25, 0.3) is 11.4 Å². The van der Waals surface area contributed by atoms with Crippen LogP contribution < -0.4 is 10.3 Å². The molecule has 0 radical (unpaired) electrons. The van der Waals surface area contributed by atoms with E-state index in [0.29, 0.717) is 53.3 Å². The number of rotatable bonds is 7. The molecule has 11 nitrogen and oxygen atoms in total. The zero-order chi connectivity index (χ0) is 33.2. The van der Waals surface area contributed by atoms with E-state index in [-0.39, 0.29) is 24.0 Å². The Labute approximate surface area is 282 Å². The van der Waals surface area contributed by atoms with Gasteiger partial charge in [-0.2, -0.15) is 10.1 Å². The van der Waals surface area contributed by atoms with Gasteiger partial charge in [0.1, 0.15) is 17.7 Å². The van der Waals surface area contributed by atoms with E-state index in [9.17, 15) is 14.7 Å². The Hall–Kier alpha value is -4.48. The second-order valence-electron chi connectivity index (χ2n) is 13.9. The quantitative estimate of drug-likeness (QED) is 0.247. The van der Waals surface area contributed by atoms with E-state index in [4.69, 9.17) is 26.0 Å². The maximum atomic E-state index is 13.0. The number of ether oxygens (including phenoxy) is 1. The second-order valence-corrected chi connectivity index (χ2v) is 14.3. The first-order chi connectivity index (χ1) is 23.1. The van der Waals surface area contributed by atoms with Gasteiger partial charge in [-0.3, -0.25) is 18.8 Å². The molecule has 5 aromatic rings. The summed E-state index contributed by atoms with van der Waals surface area (Å²) < 4.78 is 15.6. The SMILES string of the molecule is CC1(C)c2ccc(-c3cnn(CC4CCC(Oc5cc(CC(=O)N6CCC(O)C6)on5)CC4)c3)cc2-n2c1nc(=O)c1c(Cl)cccc12. The molecule has 48 heavy (non-hydrogen) atoms. The number of nitrogens with zero attached hydrogens (tertiary/aromatic N) is 6. The lowest BCUT2D eigenvalue weighted by atomic mass is 9.85. The lowest BCUT2D eigenvalue weighted by Crippen LogP contribution is -2.30. The Morgan fingerprint density at radius 2 is 1.94 bits per heavy atom. The zero-order valence-electron chi connectivity index (χ0n) is 26.9. The first kappa shape index (κ1) is 30.8. The topological polar surface area (TPSA) is 129 Å². The Morgan fingerprint density at radius 1 is 1.10 bits per heavy atom. The van der Waals surface area contributed by atoms with E-state index < -0.39 is 11.5 Å². The summed E-state index contributed by atoms with van der Waals surface area (Å²) in [6.07, 6.45) is 8.16. The molecule has 2 aromatic carbocycles. The molecule has 3 aliphatic rings. The summed E-state index contributed by atoms with van der Waals surface area (Å²) >= 11 is 6.46. The van der Waals surface area contributed by atoms with Gasteiger partial charge in [0.05, 0.1) is 45.7 Å². The molecule has 1 atom stereocenters. The van der Waals surface area contributed by atoms with Crippen LogP contribution in [0.15, 0.2) is 64.2 Å². The fourth-order valence-electron chi connectivity index (χ4n) is 7.58. The van der Waals surface area contributed by atoms with Crippen molar-refractivity contribution >= 4 is 28.4 Å². The summed E-state index contributed by atoms with van der Waals surface area (Å²) in [5, 5.41) is 19.3. The van der Waals surface area contributed by atoms with Crippen LogP contribution in [0.2, 0.25) is 5.02 Å². The average molecular weight is 669 g/mol. The molecule has 0 bridgehead atoms. The Kier molecular flexibility index (Phi) is 7.64. The maximum Gasteiger partial charge on any atom is 0.282 e. The lowest BCUT2D eigenvalue weighted by molar-refractivity contribution is -0.130. The van der Waals surface area contributed by atoms with Crippen LogP contribution in [0.5, 0.6) is 5.88 Å². The van der Waals surface area contributed by atoms with Crippen LogP contribution in [0.4, 0.5) is 0 Å². The molecule has 1 saturated heterocycles.